The first-order chi connectivity index (χ1) is 13.8. The lowest BCUT2D eigenvalue weighted by Crippen LogP contribution is -2.54. The third-order valence-corrected chi connectivity index (χ3v) is 5.28. The van der Waals surface area contributed by atoms with Crippen LogP contribution in [0.2, 0.25) is 0 Å². The van der Waals surface area contributed by atoms with Crippen molar-refractivity contribution in [1.29, 1.82) is 5.41 Å². The zero-order valence-corrected chi connectivity index (χ0v) is 17.5. The number of amides is 2. The van der Waals surface area contributed by atoms with Gasteiger partial charge in [0.2, 0.25) is 11.7 Å². The Morgan fingerprint density at radius 2 is 2.24 bits per heavy atom. The standard InChI is InChI=1S/C19H25N7O2S/c1-6-8-13(7-2)9-22-26(5)16(20)17(27)24-14-11-29-18-15(25(4)19(14)28)10-21-12(3)23-18/h6-8,10,14,20,22H,1-2,9,11H2,3-5H3,(H,24,27)/b13-8+,20-16?/t14-/m0/s1. The summed E-state index contributed by atoms with van der Waals surface area (Å²) in [5.74, 6) is -0.342. The lowest BCUT2D eigenvalue weighted by atomic mass is 10.2. The number of carbonyl (C=O) groups excluding carboxylic acids is 2. The van der Waals surface area contributed by atoms with E-state index >= 15 is 0 Å². The van der Waals surface area contributed by atoms with Gasteiger partial charge in [0.15, 0.2) is 0 Å². The minimum absolute atomic E-state index is 0.289. The molecule has 0 saturated heterocycles. The number of allylic oxidation sites excluding steroid dienone is 2. The first-order valence-corrected chi connectivity index (χ1v) is 9.81. The second-order valence-electron chi connectivity index (χ2n) is 6.27. The maximum absolute atomic E-state index is 12.8. The first kappa shape index (κ1) is 22.3. The summed E-state index contributed by atoms with van der Waals surface area (Å²) in [5, 5.41) is 12.7. The number of hydrogen-bond acceptors (Lipinski definition) is 7. The fourth-order valence-electron chi connectivity index (χ4n) is 2.49. The van der Waals surface area contributed by atoms with Gasteiger partial charge in [0, 0.05) is 26.4 Å². The molecule has 1 aromatic heterocycles. The molecule has 0 aromatic carbocycles. The highest BCUT2D eigenvalue weighted by molar-refractivity contribution is 7.99. The molecule has 29 heavy (non-hydrogen) atoms. The number of fused-ring (bicyclic) bond motifs is 1. The Hall–Kier alpha value is -2.98. The van der Waals surface area contributed by atoms with Gasteiger partial charge in [-0.2, -0.15) is 0 Å². The van der Waals surface area contributed by atoms with Crippen LogP contribution < -0.4 is 15.6 Å². The summed E-state index contributed by atoms with van der Waals surface area (Å²) in [4.78, 5) is 35.2. The molecule has 154 valence electrons. The van der Waals surface area contributed by atoms with Gasteiger partial charge in [-0.1, -0.05) is 31.4 Å². The summed E-state index contributed by atoms with van der Waals surface area (Å²) >= 11 is 1.37. The van der Waals surface area contributed by atoms with E-state index in [0.29, 0.717) is 28.8 Å². The summed E-state index contributed by atoms with van der Waals surface area (Å²) in [6.45, 7) is 9.47. The highest BCUT2D eigenvalue weighted by atomic mass is 32.2. The largest absolute Gasteiger partial charge is 0.337 e. The normalized spacial score (nSPS) is 16.5. The van der Waals surface area contributed by atoms with Gasteiger partial charge in [-0.05, 0) is 12.5 Å². The summed E-state index contributed by atoms with van der Waals surface area (Å²) in [6, 6.07) is -0.787. The second-order valence-corrected chi connectivity index (χ2v) is 7.27. The van der Waals surface area contributed by atoms with Crippen LogP contribution in [-0.4, -0.2) is 65.1 Å². The van der Waals surface area contributed by atoms with Gasteiger partial charge in [-0.15, -0.1) is 11.8 Å². The number of likely N-dealkylation sites (N-methyl/N-ethyl adjacent to an activating group) is 2. The summed E-state index contributed by atoms with van der Waals surface area (Å²) in [6.07, 6.45) is 6.66. The Balaban J connectivity index is 2.01. The topological polar surface area (TPSA) is 114 Å². The van der Waals surface area contributed by atoms with E-state index in [9.17, 15) is 9.59 Å². The number of aromatic nitrogens is 2. The SMILES string of the molecule is C=C/C=C(\C=C)CNN(C)C(=N)C(=O)N[C@H]1CSc2nc(C)ncc2N(C)C1=O. The van der Waals surface area contributed by atoms with E-state index in [2.05, 4.69) is 33.9 Å². The van der Waals surface area contributed by atoms with E-state index in [-0.39, 0.29) is 11.7 Å². The number of thioether (sulfide) groups is 1. The maximum Gasteiger partial charge on any atom is 0.288 e. The van der Waals surface area contributed by atoms with Crippen molar-refractivity contribution < 1.29 is 9.59 Å². The molecule has 0 saturated carbocycles. The first-order valence-electron chi connectivity index (χ1n) is 8.83. The molecule has 1 aromatic rings. The lowest BCUT2D eigenvalue weighted by Gasteiger charge is -2.24. The minimum Gasteiger partial charge on any atom is -0.337 e. The van der Waals surface area contributed by atoms with Crippen molar-refractivity contribution in [3.8, 4) is 0 Å². The molecule has 3 N–H and O–H groups in total. The van der Waals surface area contributed by atoms with Crippen molar-refractivity contribution >= 4 is 35.1 Å². The van der Waals surface area contributed by atoms with Gasteiger partial charge in [0.1, 0.15) is 16.9 Å². The predicted molar refractivity (Wildman–Crippen MR) is 115 cm³/mol. The van der Waals surface area contributed by atoms with Crippen molar-refractivity contribution in [2.75, 3.05) is 31.3 Å². The molecule has 1 aliphatic rings. The Labute approximate surface area is 174 Å². The zero-order chi connectivity index (χ0) is 21.6. The molecular weight excluding hydrogens is 390 g/mol. The highest BCUT2D eigenvalue weighted by Crippen LogP contribution is 2.31. The van der Waals surface area contributed by atoms with Crippen molar-refractivity contribution in [2.24, 2.45) is 0 Å². The minimum atomic E-state index is -0.787. The van der Waals surface area contributed by atoms with Crippen LogP contribution in [0, 0.1) is 12.3 Å². The molecule has 0 unspecified atom stereocenters. The summed E-state index contributed by atoms with van der Waals surface area (Å²) in [7, 11) is 3.17. The Morgan fingerprint density at radius 1 is 1.52 bits per heavy atom. The average molecular weight is 416 g/mol. The van der Waals surface area contributed by atoms with E-state index in [1.54, 1.807) is 45.4 Å². The van der Waals surface area contributed by atoms with Crippen LogP contribution >= 0.6 is 11.8 Å². The lowest BCUT2D eigenvalue weighted by molar-refractivity contribution is -0.124. The van der Waals surface area contributed by atoms with Crippen molar-refractivity contribution in [3.05, 3.63) is 49.0 Å². The van der Waals surface area contributed by atoms with Crippen LogP contribution in [0.25, 0.3) is 0 Å². The number of nitrogens with one attached hydrogen (secondary N) is 3. The van der Waals surface area contributed by atoms with Gasteiger partial charge in [0.05, 0.1) is 11.9 Å². The van der Waals surface area contributed by atoms with Crippen molar-refractivity contribution in [3.63, 3.8) is 0 Å². The molecule has 9 nitrogen and oxygen atoms in total. The number of amidine groups is 1. The van der Waals surface area contributed by atoms with E-state index in [1.165, 1.54) is 21.7 Å². The second kappa shape index (κ2) is 9.99. The number of anilines is 1. The number of hydrazine groups is 1. The van der Waals surface area contributed by atoms with Gasteiger partial charge in [0.25, 0.3) is 5.91 Å². The highest BCUT2D eigenvalue weighted by Gasteiger charge is 2.32. The molecule has 1 aliphatic heterocycles. The molecule has 2 amide bonds. The average Bonchev–Trinajstić information content (AvgIpc) is 2.82. The van der Waals surface area contributed by atoms with Gasteiger partial charge < -0.3 is 10.2 Å². The summed E-state index contributed by atoms with van der Waals surface area (Å²) < 4.78 is 0. The molecule has 2 heterocycles. The van der Waals surface area contributed by atoms with Crippen LogP contribution in [0.4, 0.5) is 5.69 Å². The number of rotatable bonds is 6. The molecule has 1 atom stereocenters. The molecule has 0 bridgehead atoms. The number of aryl methyl sites for hydroxylation is 1. The third kappa shape index (κ3) is 5.52. The van der Waals surface area contributed by atoms with Gasteiger partial charge in [-0.3, -0.25) is 20.0 Å². The van der Waals surface area contributed by atoms with Crippen LogP contribution in [0.5, 0.6) is 0 Å². The zero-order valence-electron chi connectivity index (χ0n) is 16.7. The number of carbonyl (C=O) groups is 2. The Bertz CT molecular complexity index is 868. The fraction of sp³-hybridized carbons (Fsp3) is 0.316. The predicted octanol–water partition coefficient (Wildman–Crippen LogP) is 1.05. The molecule has 0 aliphatic carbocycles. The molecular formula is C19H25N7O2S. The maximum atomic E-state index is 12.8. The third-order valence-electron chi connectivity index (χ3n) is 4.20. The molecule has 10 heteroatoms. The van der Waals surface area contributed by atoms with Crippen molar-refractivity contribution in [1.82, 2.24) is 25.7 Å². The molecule has 0 spiro atoms. The molecule has 0 fully saturated rings. The van der Waals surface area contributed by atoms with Crippen LogP contribution in [0.15, 0.2) is 48.2 Å². The van der Waals surface area contributed by atoms with Crippen LogP contribution in [-0.2, 0) is 9.59 Å². The number of hydrogen-bond donors (Lipinski definition) is 3. The van der Waals surface area contributed by atoms with Gasteiger partial charge in [-0.25, -0.2) is 15.4 Å². The molecule has 0 radical (unpaired) electrons. The van der Waals surface area contributed by atoms with E-state index < -0.39 is 11.9 Å². The monoisotopic (exact) mass is 415 g/mol. The Kier molecular flexibility index (Phi) is 7.68. The Morgan fingerprint density at radius 3 is 2.90 bits per heavy atom. The number of nitrogens with zero attached hydrogens (tertiary/aromatic N) is 4. The van der Waals surface area contributed by atoms with E-state index in [1.807, 2.05) is 0 Å². The fourth-order valence-corrected chi connectivity index (χ4v) is 3.57. The molecule has 2 rings (SSSR count). The van der Waals surface area contributed by atoms with Gasteiger partial charge >= 0.3 is 0 Å². The van der Waals surface area contributed by atoms with E-state index in [4.69, 9.17) is 5.41 Å². The quantitative estimate of drug-likeness (QED) is 0.209. The summed E-state index contributed by atoms with van der Waals surface area (Å²) in [5.41, 5.74) is 4.38. The van der Waals surface area contributed by atoms with E-state index in [0.717, 1.165) is 5.57 Å². The van der Waals surface area contributed by atoms with Crippen LogP contribution in [0.1, 0.15) is 5.82 Å². The smallest absolute Gasteiger partial charge is 0.288 e. The van der Waals surface area contributed by atoms with Crippen molar-refractivity contribution in [2.45, 2.75) is 18.0 Å². The van der Waals surface area contributed by atoms with Crippen LogP contribution in [0.3, 0.4) is 0 Å².